The van der Waals surface area contributed by atoms with Crippen LogP contribution >= 0.6 is 0 Å². The van der Waals surface area contributed by atoms with Crippen LogP contribution in [0.2, 0.25) is 0 Å². The highest BCUT2D eigenvalue weighted by molar-refractivity contribution is 5.32. The predicted molar refractivity (Wildman–Crippen MR) is 70.9 cm³/mol. The highest BCUT2D eigenvalue weighted by Gasteiger charge is 2.22. The SMILES string of the molecule is CC(NCC1CCC(O)C1)c1ccc(C#N)cc1. The molecule has 3 unspecified atom stereocenters. The van der Waals surface area contributed by atoms with Crippen LogP contribution in [0.4, 0.5) is 0 Å². The Hall–Kier alpha value is -1.37. The molecule has 1 saturated carbocycles. The maximum absolute atomic E-state index is 9.48. The van der Waals surface area contributed by atoms with E-state index in [2.05, 4.69) is 18.3 Å². The Morgan fingerprint density at radius 2 is 2.11 bits per heavy atom. The van der Waals surface area contributed by atoms with Crippen LogP contribution in [0.15, 0.2) is 24.3 Å². The normalized spacial score (nSPS) is 24.7. The van der Waals surface area contributed by atoms with Crippen molar-refractivity contribution >= 4 is 0 Å². The van der Waals surface area contributed by atoms with Crippen LogP contribution in [0.3, 0.4) is 0 Å². The second-order valence-electron chi connectivity index (χ2n) is 5.20. The Kier molecular flexibility index (Phi) is 4.35. The number of hydrogen-bond donors (Lipinski definition) is 2. The molecule has 0 heterocycles. The lowest BCUT2D eigenvalue weighted by molar-refractivity contribution is 0.177. The van der Waals surface area contributed by atoms with E-state index in [4.69, 9.17) is 5.26 Å². The van der Waals surface area contributed by atoms with E-state index in [9.17, 15) is 5.11 Å². The molecule has 1 aliphatic rings. The maximum atomic E-state index is 9.48. The Morgan fingerprint density at radius 3 is 2.67 bits per heavy atom. The summed E-state index contributed by atoms with van der Waals surface area (Å²) in [5.41, 5.74) is 1.90. The summed E-state index contributed by atoms with van der Waals surface area (Å²) in [6.45, 7) is 3.09. The van der Waals surface area contributed by atoms with Crippen molar-refractivity contribution in [3.63, 3.8) is 0 Å². The van der Waals surface area contributed by atoms with Crippen molar-refractivity contribution in [1.29, 1.82) is 5.26 Å². The summed E-state index contributed by atoms with van der Waals surface area (Å²) in [7, 11) is 0. The van der Waals surface area contributed by atoms with Gasteiger partial charge in [-0.1, -0.05) is 12.1 Å². The van der Waals surface area contributed by atoms with Gasteiger partial charge < -0.3 is 10.4 Å². The van der Waals surface area contributed by atoms with E-state index in [1.165, 1.54) is 5.56 Å². The van der Waals surface area contributed by atoms with E-state index in [0.717, 1.165) is 25.8 Å². The molecular weight excluding hydrogens is 224 g/mol. The Morgan fingerprint density at radius 1 is 1.39 bits per heavy atom. The fraction of sp³-hybridized carbons (Fsp3) is 0.533. The second-order valence-corrected chi connectivity index (χ2v) is 5.20. The lowest BCUT2D eigenvalue weighted by Crippen LogP contribution is -2.25. The summed E-state index contributed by atoms with van der Waals surface area (Å²) in [5.74, 6) is 0.598. The summed E-state index contributed by atoms with van der Waals surface area (Å²) in [4.78, 5) is 0. The first-order valence-electron chi connectivity index (χ1n) is 6.60. The molecule has 0 saturated heterocycles. The molecule has 96 valence electrons. The van der Waals surface area contributed by atoms with Crippen LogP contribution < -0.4 is 5.32 Å². The third-order valence-electron chi connectivity index (χ3n) is 3.77. The maximum Gasteiger partial charge on any atom is 0.0991 e. The third kappa shape index (κ3) is 3.32. The lowest BCUT2D eigenvalue weighted by Gasteiger charge is -2.17. The molecule has 3 nitrogen and oxygen atoms in total. The van der Waals surface area contributed by atoms with Crippen molar-refractivity contribution in [2.45, 2.75) is 38.3 Å². The Balaban J connectivity index is 1.83. The average molecular weight is 244 g/mol. The first-order chi connectivity index (χ1) is 8.69. The number of nitriles is 1. The molecule has 2 N–H and O–H groups in total. The molecule has 0 aliphatic heterocycles. The lowest BCUT2D eigenvalue weighted by atomic mass is 10.0. The standard InChI is InChI=1S/C15H20N2O/c1-11(14-5-2-12(9-16)3-6-14)17-10-13-4-7-15(18)8-13/h2-3,5-6,11,13,15,17-18H,4,7-8,10H2,1H3. The molecule has 0 amide bonds. The minimum atomic E-state index is -0.0954. The fourth-order valence-electron chi connectivity index (χ4n) is 2.54. The van der Waals surface area contributed by atoms with Gasteiger partial charge in [0.1, 0.15) is 0 Å². The van der Waals surface area contributed by atoms with Crippen molar-refractivity contribution in [3.05, 3.63) is 35.4 Å². The molecule has 1 fully saturated rings. The largest absolute Gasteiger partial charge is 0.393 e. The summed E-state index contributed by atoms with van der Waals surface area (Å²) in [6, 6.07) is 10.1. The topological polar surface area (TPSA) is 56.0 Å². The quantitative estimate of drug-likeness (QED) is 0.855. The van der Waals surface area contributed by atoms with E-state index < -0.39 is 0 Å². The molecule has 0 spiro atoms. The first-order valence-corrected chi connectivity index (χ1v) is 6.60. The van der Waals surface area contributed by atoms with Gasteiger partial charge >= 0.3 is 0 Å². The predicted octanol–water partition coefficient (Wildman–Crippen LogP) is 2.37. The van der Waals surface area contributed by atoms with Crippen LogP contribution in [0.1, 0.15) is 43.4 Å². The molecular formula is C15H20N2O. The number of nitrogens with one attached hydrogen (secondary N) is 1. The van der Waals surface area contributed by atoms with Crippen LogP contribution in [-0.4, -0.2) is 17.8 Å². The van der Waals surface area contributed by atoms with Crippen molar-refractivity contribution < 1.29 is 5.11 Å². The van der Waals surface area contributed by atoms with Gasteiger partial charge in [0.15, 0.2) is 0 Å². The number of aliphatic hydroxyl groups is 1. The van der Waals surface area contributed by atoms with E-state index in [1.54, 1.807) is 0 Å². The van der Waals surface area contributed by atoms with E-state index in [1.807, 2.05) is 24.3 Å². The number of hydrogen-bond acceptors (Lipinski definition) is 3. The molecule has 0 aromatic heterocycles. The van der Waals surface area contributed by atoms with Gasteiger partial charge in [0.05, 0.1) is 17.7 Å². The van der Waals surface area contributed by atoms with Crippen molar-refractivity contribution in [2.24, 2.45) is 5.92 Å². The Bertz CT molecular complexity index is 421. The summed E-state index contributed by atoms with van der Waals surface area (Å²) in [5, 5.41) is 21.7. The van der Waals surface area contributed by atoms with Crippen molar-refractivity contribution in [2.75, 3.05) is 6.54 Å². The molecule has 18 heavy (non-hydrogen) atoms. The molecule has 0 bridgehead atoms. The zero-order valence-electron chi connectivity index (χ0n) is 10.8. The van der Waals surface area contributed by atoms with Gasteiger partial charge in [0, 0.05) is 6.04 Å². The van der Waals surface area contributed by atoms with Crippen LogP contribution in [0, 0.1) is 17.2 Å². The summed E-state index contributed by atoms with van der Waals surface area (Å²) >= 11 is 0. The molecule has 2 rings (SSSR count). The van der Waals surface area contributed by atoms with Gasteiger partial charge in [0.25, 0.3) is 0 Å². The number of nitrogens with zero attached hydrogens (tertiary/aromatic N) is 1. The van der Waals surface area contributed by atoms with Gasteiger partial charge in [-0.15, -0.1) is 0 Å². The molecule has 3 heteroatoms. The zero-order valence-corrected chi connectivity index (χ0v) is 10.8. The van der Waals surface area contributed by atoms with Crippen LogP contribution in [0.25, 0.3) is 0 Å². The minimum absolute atomic E-state index is 0.0954. The minimum Gasteiger partial charge on any atom is -0.393 e. The highest BCUT2D eigenvalue weighted by atomic mass is 16.3. The number of aliphatic hydroxyl groups excluding tert-OH is 1. The zero-order chi connectivity index (χ0) is 13.0. The summed E-state index contributed by atoms with van der Waals surface area (Å²) in [6.07, 6.45) is 2.89. The van der Waals surface area contributed by atoms with Crippen LogP contribution in [-0.2, 0) is 0 Å². The van der Waals surface area contributed by atoms with Crippen molar-refractivity contribution in [3.8, 4) is 6.07 Å². The van der Waals surface area contributed by atoms with E-state index in [0.29, 0.717) is 11.5 Å². The smallest absolute Gasteiger partial charge is 0.0991 e. The number of rotatable bonds is 4. The third-order valence-corrected chi connectivity index (χ3v) is 3.77. The molecule has 1 aromatic rings. The van der Waals surface area contributed by atoms with Gasteiger partial charge in [-0.25, -0.2) is 0 Å². The fourth-order valence-corrected chi connectivity index (χ4v) is 2.54. The van der Waals surface area contributed by atoms with Gasteiger partial charge in [-0.05, 0) is 56.3 Å². The van der Waals surface area contributed by atoms with Crippen LogP contribution in [0.5, 0.6) is 0 Å². The Labute approximate surface area is 108 Å². The monoisotopic (exact) mass is 244 g/mol. The second kappa shape index (κ2) is 5.99. The molecule has 3 atom stereocenters. The summed E-state index contributed by atoms with van der Waals surface area (Å²) < 4.78 is 0. The van der Waals surface area contributed by atoms with Gasteiger partial charge in [-0.3, -0.25) is 0 Å². The molecule has 0 radical (unpaired) electrons. The molecule has 1 aliphatic carbocycles. The van der Waals surface area contributed by atoms with Crippen molar-refractivity contribution in [1.82, 2.24) is 5.32 Å². The highest BCUT2D eigenvalue weighted by Crippen LogP contribution is 2.25. The van der Waals surface area contributed by atoms with E-state index in [-0.39, 0.29) is 12.1 Å². The average Bonchev–Trinajstić information content (AvgIpc) is 2.82. The molecule has 1 aromatic carbocycles. The first kappa shape index (κ1) is 13.1. The van der Waals surface area contributed by atoms with E-state index >= 15 is 0 Å². The number of benzene rings is 1. The van der Waals surface area contributed by atoms with Gasteiger partial charge in [-0.2, -0.15) is 5.26 Å². The van der Waals surface area contributed by atoms with Gasteiger partial charge in [0.2, 0.25) is 0 Å².